The van der Waals surface area contributed by atoms with Gasteiger partial charge in [-0.1, -0.05) is 18.1 Å². The summed E-state index contributed by atoms with van der Waals surface area (Å²) in [6.45, 7) is 3.01. The molecule has 13 heavy (non-hydrogen) atoms. The Morgan fingerprint density at radius 1 is 1.62 bits per heavy atom. The number of nitrogens with zero attached hydrogens (tertiary/aromatic N) is 3. The van der Waals surface area contributed by atoms with Gasteiger partial charge in [-0.15, -0.1) is 5.10 Å². The smallest absolute Gasteiger partial charge is 0.131 e. The standard InChI is InChI=1S/C9H13N3O/c1-2-6-12-9(8-10-11-12)5-3-4-7-13/h8,13H,2,4,6-7H2,1H3. The Morgan fingerprint density at radius 2 is 2.46 bits per heavy atom. The summed E-state index contributed by atoms with van der Waals surface area (Å²) in [4.78, 5) is 0. The fraction of sp³-hybridized carbons (Fsp3) is 0.556. The number of aryl methyl sites for hydroxylation is 1. The minimum Gasteiger partial charge on any atom is -0.395 e. The lowest BCUT2D eigenvalue weighted by molar-refractivity contribution is 0.305. The Morgan fingerprint density at radius 3 is 3.15 bits per heavy atom. The number of aliphatic hydroxyl groups is 1. The van der Waals surface area contributed by atoms with Crippen molar-refractivity contribution in [1.29, 1.82) is 0 Å². The van der Waals surface area contributed by atoms with Crippen molar-refractivity contribution < 1.29 is 5.11 Å². The van der Waals surface area contributed by atoms with E-state index in [2.05, 4.69) is 29.1 Å². The van der Waals surface area contributed by atoms with Crippen LogP contribution in [0.25, 0.3) is 0 Å². The largest absolute Gasteiger partial charge is 0.395 e. The molecular formula is C9H13N3O. The maximum absolute atomic E-state index is 8.53. The van der Waals surface area contributed by atoms with E-state index in [9.17, 15) is 0 Å². The van der Waals surface area contributed by atoms with Crippen molar-refractivity contribution in [3.8, 4) is 11.8 Å². The monoisotopic (exact) mass is 179 g/mol. The van der Waals surface area contributed by atoms with Crippen LogP contribution in [0.15, 0.2) is 6.20 Å². The third kappa shape index (κ3) is 2.88. The maximum atomic E-state index is 8.53. The second-order valence-electron chi connectivity index (χ2n) is 2.62. The van der Waals surface area contributed by atoms with Gasteiger partial charge in [0, 0.05) is 13.0 Å². The molecule has 0 atom stereocenters. The first kappa shape index (κ1) is 9.75. The van der Waals surface area contributed by atoms with Crippen LogP contribution in [0, 0.1) is 11.8 Å². The molecule has 70 valence electrons. The minimum atomic E-state index is 0.0995. The molecule has 0 aromatic carbocycles. The van der Waals surface area contributed by atoms with E-state index in [0.29, 0.717) is 6.42 Å². The minimum absolute atomic E-state index is 0.0995. The predicted octanol–water partition coefficient (Wildman–Crippen LogP) is 0.422. The fourth-order valence-electron chi connectivity index (χ4n) is 0.940. The zero-order chi connectivity index (χ0) is 9.52. The fourth-order valence-corrected chi connectivity index (χ4v) is 0.940. The molecule has 0 saturated carbocycles. The van der Waals surface area contributed by atoms with Crippen LogP contribution < -0.4 is 0 Å². The van der Waals surface area contributed by atoms with Crippen LogP contribution in [0.1, 0.15) is 25.5 Å². The molecule has 1 aromatic rings. The average molecular weight is 179 g/mol. The lowest BCUT2D eigenvalue weighted by Gasteiger charge is -1.96. The second kappa shape index (κ2) is 5.33. The van der Waals surface area contributed by atoms with Crippen LogP contribution in [0.5, 0.6) is 0 Å². The van der Waals surface area contributed by atoms with Gasteiger partial charge in [0.25, 0.3) is 0 Å². The van der Waals surface area contributed by atoms with Gasteiger partial charge in [0.2, 0.25) is 0 Å². The summed E-state index contributed by atoms with van der Waals surface area (Å²) >= 11 is 0. The van der Waals surface area contributed by atoms with Crippen LogP contribution in [-0.2, 0) is 6.54 Å². The number of hydrogen-bond donors (Lipinski definition) is 1. The molecule has 0 bridgehead atoms. The summed E-state index contributed by atoms with van der Waals surface area (Å²) in [7, 11) is 0. The Kier molecular flexibility index (Phi) is 4.00. The van der Waals surface area contributed by atoms with Gasteiger partial charge in [0.05, 0.1) is 12.8 Å². The zero-order valence-corrected chi connectivity index (χ0v) is 7.69. The molecule has 0 amide bonds. The van der Waals surface area contributed by atoms with E-state index in [1.807, 2.05) is 0 Å². The van der Waals surface area contributed by atoms with Crippen molar-refractivity contribution in [2.24, 2.45) is 0 Å². The predicted molar refractivity (Wildman–Crippen MR) is 48.9 cm³/mol. The first-order valence-electron chi connectivity index (χ1n) is 4.36. The number of hydrogen-bond acceptors (Lipinski definition) is 3. The molecule has 1 N–H and O–H groups in total. The van der Waals surface area contributed by atoms with Gasteiger partial charge in [-0.05, 0) is 12.3 Å². The Bertz CT molecular complexity index is 308. The average Bonchev–Trinajstić information content (AvgIpc) is 2.54. The molecular weight excluding hydrogens is 166 g/mol. The normalized spacial score (nSPS) is 9.38. The Hall–Kier alpha value is -1.34. The molecule has 1 rings (SSSR count). The SMILES string of the molecule is CCCn1nncc1C#CCCO. The Balaban J connectivity index is 2.66. The summed E-state index contributed by atoms with van der Waals surface area (Å²) in [6, 6.07) is 0. The van der Waals surface area contributed by atoms with Gasteiger partial charge >= 0.3 is 0 Å². The van der Waals surface area contributed by atoms with E-state index < -0.39 is 0 Å². The zero-order valence-electron chi connectivity index (χ0n) is 7.69. The van der Waals surface area contributed by atoms with Crippen LogP contribution in [0.4, 0.5) is 0 Å². The molecule has 0 fully saturated rings. The van der Waals surface area contributed by atoms with Gasteiger partial charge in [-0.3, -0.25) is 0 Å². The molecule has 0 unspecified atom stereocenters. The van der Waals surface area contributed by atoms with E-state index in [0.717, 1.165) is 18.7 Å². The lowest BCUT2D eigenvalue weighted by atomic mass is 10.4. The number of aliphatic hydroxyl groups excluding tert-OH is 1. The third-order valence-electron chi connectivity index (χ3n) is 1.51. The molecule has 0 aliphatic carbocycles. The first-order valence-corrected chi connectivity index (χ1v) is 4.36. The maximum Gasteiger partial charge on any atom is 0.131 e. The van der Waals surface area contributed by atoms with Crippen molar-refractivity contribution in [3.05, 3.63) is 11.9 Å². The molecule has 0 aliphatic rings. The first-order chi connectivity index (χ1) is 6.38. The lowest BCUT2D eigenvalue weighted by Crippen LogP contribution is -2.01. The molecule has 0 radical (unpaired) electrons. The quantitative estimate of drug-likeness (QED) is 0.684. The van der Waals surface area contributed by atoms with E-state index in [1.54, 1.807) is 10.9 Å². The number of rotatable bonds is 3. The highest BCUT2D eigenvalue weighted by Crippen LogP contribution is 1.95. The summed E-state index contributed by atoms with van der Waals surface area (Å²) in [5, 5.41) is 16.2. The number of aromatic nitrogens is 3. The van der Waals surface area contributed by atoms with Gasteiger partial charge in [-0.25, -0.2) is 4.68 Å². The molecule has 4 heteroatoms. The summed E-state index contributed by atoms with van der Waals surface area (Å²) in [6.07, 6.45) is 3.15. The Labute approximate surface area is 77.6 Å². The van der Waals surface area contributed by atoms with Crippen molar-refractivity contribution in [3.63, 3.8) is 0 Å². The van der Waals surface area contributed by atoms with Gasteiger partial charge < -0.3 is 5.11 Å². The second-order valence-corrected chi connectivity index (χ2v) is 2.62. The van der Waals surface area contributed by atoms with E-state index in [4.69, 9.17) is 5.11 Å². The summed E-state index contributed by atoms with van der Waals surface area (Å²) in [5.74, 6) is 5.74. The van der Waals surface area contributed by atoms with Crippen molar-refractivity contribution in [1.82, 2.24) is 15.0 Å². The molecule has 1 aromatic heterocycles. The highest BCUT2D eigenvalue weighted by molar-refractivity contribution is 5.24. The van der Waals surface area contributed by atoms with Crippen LogP contribution in [-0.4, -0.2) is 26.7 Å². The van der Waals surface area contributed by atoms with Crippen LogP contribution >= 0.6 is 0 Å². The topological polar surface area (TPSA) is 50.9 Å². The van der Waals surface area contributed by atoms with E-state index in [-0.39, 0.29) is 6.61 Å². The van der Waals surface area contributed by atoms with Crippen LogP contribution in [0.2, 0.25) is 0 Å². The molecule has 0 aliphatic heterocycles. The summed E-state index contributed by atoms with van der Waals surface area (Å²) in [5.41, 5.74) is 0.815. The molecule has 1 heterocycles. The van der Waals surface area contributed by atoms with Crippen molar-refractivity contribution in [2.45, 2.75) is 26.3 Å². The van der Waals surface area contributed by atoms with Crippen LogP contribution in [0.3, 0.4) is 0 Å². The highest BCUT2D eigenvalue weighted by atomic mass is 16.2. The van der Waals surface area contributed by atoms with Gasteiger partial charge in [0.1, 0.15) is 5.69 Å². The molecule has 0 saturated heterocycles. The van der Waals surface area contributed by atoms with Crippen molar-refractivity contribution in [2.75, 3.05) is 6.61 Å². The molecule has 0 spiro atoms. The highest BCUT2D eigenvalue weighted by Gasteiger charge is 1.97. The van der Waals surface area contributed by atoms with Gasteiger partial charge in [-0.2, -0.15) is 0 Å². The van der Waals surface area contributed by atoms with Crippen molar-refractivity contribution >= 4 is 0 Å². The van der Waals surface area contributed by atoms with E-state index in [1.165, 1.54) is 0 Å². The summed E-state index contributed by atoms with van der Waals surface area (Å²) < 4.78 is 1.77. The third-order valence-corrected chi connectivity index (χ3v) is 1.51. The van der Waals surface area contributed by atoms with E-state index >= 15 is 0 Å². The molecule has 4 nitrogen and oxygen atoms in total. The van der Waals surface area contributed by atoms with Gasteiger partial charge in [0.15, 0.2) is 0 Å².